The van der Waals surface area contributed by atoms with E-state index in [1.165, 1.54) is 5.39 Å². The Kier molecular flexibility index (Phi) is 4.75. The van der Waals surface area contributed by atoms with Gasteiger partial charge >= 0.3 is 0 Å². The zero-order chi connectivity index (χ0) is 18.6. The van der Waals surface area contributed by atoms with Crippen LogP contribution < -0.4 is 5.32 Å². The number of carbonyl (C=O) groups is 1. The van der Waals surface area contributed by atoms with Crippen LogP contribution in [0.25, 0.3) is 10.9 Å². The largest absolute Gasteiger partial charge is 0.359 e. The molecule has 0 saturated carbocycles. The molecule has 2 N–H and O–H groups in total. The number of aromatic nitrogens is 1. The molecule has 4 rings (SSSR count). The lowest BCUT2D eigenvalue weighted by atomic mass is 9.90. The lowest BCUT2D eigenvalue weighted by Gasteiger charge is -2.18. The van der Waals surface area contributed by atoms with Gasteiger partial charge in [-0.15, -0.1) is 0 Å². The highest BCUT2D eigenvalue weighted by Gasteiger charge is 2.22. The van der Waals surface area contributed by atoms with Gasteiger partial charge in [0.2, 0.25) is 5.91 Å². The van der Waals surface area contributed by atoms with E-state index in [1.54, 1.807) is 0 Å². The van der Waals surface area contributed by atoms with Crippen LogP contribution in [-0.4, -0.2) is 10.9 Å². The van der Waals surface area contributed by atoms with Crippen molar-refractivity contribution in [1.29, 1.82) is 0 Å². The van der Waals surface area contributed by atoms with E-state index in [2.05, 4.69) is 34.6 Å². The average Bonchev–Trinajstić information content (AvgIpc) is 3.07. The number of rotatable bonds is 5. The maximum Gasteiger partial charge on any atom is 0.232 e. The van der Waals surface area contributed by atoms with Crippen LogP contribution in [0.5, 0.6) is 0 Å². The summed E-state index contributed by atoms with van der Waals surface area (Å²) in [6.45, 7) is 2.56. The van der Waals surface area contributed by atoms with E-state index in [9.17, 15) is 4.79 Å². The monoisotopic (exact) mass is 354 g/mol. The highest BCUT2D eigenvalue weighted by molar-refractivity contribution is 5.87. The summed E-state index contributed by atoms with van der Waals surface area (Å²) in [5, 5.41) is 4.29. The van der Waals surface area contributed by atoms with Crippen molar-refractivity contribution in [3.05, 3.63) is 107 Å². The number of aromatic amines is 1. The number of fused-ring (bicyclic) bond motifs is 1. The number of nitrogens with one attached hydrogen (secondary N) is 2. The van der Waals surface area contributed by atoms with Gasteiger partial charge in [-0.25, -0.2) is 0 Å². The minimum Gasteiger partial charge on any atom is -0.359 e. The Hall–Kier alpha value is -3.33. The van der Waals surface area contributed by atoms with Crippen molar-refractivity contribution in [2.24, 2.45) is 0 Å². The third-order valence-corrected chi connectivity index (χ3v) is 4.81. The quantitative estimate of drug-likeness (QED) is 0.525. The second kappa shape index (κ2) is 7.50. The van der Waals surface area contributed by atoms with Crippen molar-refractivity contribution >= 4 is 16.8 Å². The lowest BCUT2D eigenvalue weighted by Crippen LogP contribution is -2.29. The number of amides is 1. The molecule has 3 aromatic carbocycles. The van der Waals surface area contributed by atoms with Crippen LogP contribution in [0, 0.1) is 6.92 Å². The van der Waals surface area contributed by atoms with Gasteiger partial charge in [-0.2, -0.15) is 0 Å². The first-order valence-corrected chi connectivity index (χ1v) is 9.16. The summed E-state index contributed by atoms with van der Waals surface area (Å²) in [4.78, 5) is 16.4. The third kappa shape index (κ3) is 3.77. The Morgan fingerprint density at radius 2 is 1.52 bits per heavy atom. The minimum atomic E-state index is -0.314. The van der Waals surface area contributed by atoms with E-state index in [4.69, 9.17) is 0 Å². The Balaban J connectivity index is 1.56. The molecule has 27 heavy (non-hydrogen) atoms. The van der Waals surface area contributed by atoms with Gasteiger partial charge in [0.1, 0.15) is 0 Å². The van der Waals surface area contributed by atoms with E-state index in [-0.39, 0.29) is 11.8 Å². The van der Waals surface area contributed by atoms with Gasteiger partial charge in [-0.1, -0.05) is 66.7 Å². The molecule has 0 atom stereocenters. The second-order valence-electron chi connectivity index (χ2n) is 6.85. The summed E-state index contributed by atoms with van der Waals surface area (Å²) in [5.74, 6) is -0.302. The first-order valence-electron chi connectivity index (χ1n) is 9.16. The average molecular weight is 354 g/mol. The zero-order valence-electron chi connectivity index (χ0n) is 15.3. The van der Waals surface area contributed by atoms with E-state index in [1.807, 2.05) is 67.6 Å². The van der Waals surface area contributed by atoms with Crippen LogP contribution in [0.3, 0.4) is 0 Å². The van der Waals surface area contributed by atoms with Crippen molar-refractivity contribution in [3.8, 4) is 0 Å². The molecular formula is C24H22N2O. The highest BCUT2D eigenvalue weighted by Crippen LogP contribution is 2.25. The van der Waals surface area contributed by atoms with Gasteiger partial charge in [-0.3, -0.25) is 4.79 Å². The van der Waals surface area contributed by atoms with Crippen LogP contribution in [0.4, 0.5) is 0 Å². The van der Waals surface area contributed by atoms with Crippen molar-refractivity contribution in [2.45, 2.75) is 19.4 Å². The molecule has 134 valence electrons. The predicted molar refractivity (Wildman–Crippen MR) is 110 cm³/mol. The summed E-state index contributed by atoms with van der Waals surface area (Å²) >= 11 is 0. The first kappa shape index (κ1) is 17.1. The van der Waals surface area contributed by atoms with Gasteiger partial charge in [-0.05, 0) is 47.2 Å². The number of aryl methyl sites for hydroxylation is 1. The number of carbonyl (C=O) groups excluding carboxylic acids is 1. The van der Waals surface area contributed by atoms with Gasteiger partial charge in [0.15, 0.2) is 0 Å². The summed E-state index contributed by atoms with van der Waals surface area (Å²) < 4.78 is 0. The highest BCUT2D eigenvalue weighted by atomic mass is 16.1. The fourth-order valence-electron chi connectivity index (χ4n) is 3.51. The van der Waals surface area contributed by atoms with Crippen LogP contribution >= 0.6 is 0 Å². The molecule has 3 heteroatoms. The fourth-order valence-corrected chi connectivity index (χ4v) is 3.51. The molecule has 0 radical (unpaired) electrons. The predicted octanol–water partition coefficient (Wildman–Crippen LogP) is 4.92. The molecule has 0 aliphatic carbocycles. The molecule has 1 amide bonds. The first-order chi connectivity index (χ1) is 13.2. The minimum absolute atomic E-state index is 0.0118. The van der Waals surface area contributed by atoms with Crippen molar-refractivity contribution < 1.29 is 4.79 Å². The van der Waals surface area contributed by atoms with Crippen LogP contribution in [0.2, 0.25) is 0 Å². The molecule has 0 aliphatic rings. The van der Waals surface area contributed by atoms with Crippen LogP contribution in [-0.2, 0) is 11.3 Å². The molecule has 0 spiro atoms. The summed E-state index contributed by atoms with van der Waals surface area (Å²) in [6.07, 6.45) is 0. The molecule has 0 aliphatic heterocycles. The standard InChI is InChI=1S/C24H22N2O/c1-17-14-21-15-18(12-13-22(21)26-17)16-25-24(27)23(19-8-4-2-5-9-19)20-10-6-3-7-11-20/h2-15,23,26H,16H2,1H3,(H,25,27). The molecule has 1 heterocycles. The Labute approximate surface area is 159 Å². The number of H-pyrrole nitrogens is 1. The van der Waals surface area contributed by atoms with Gasteiger partial charge in [0.05, 0.1) is 5.92 Å². The fraction of sp³-hybridized carbons (Fsp3) is 0.125. The molecule has 0 saturated heterocycles. The Morgan fingerprint density at radius 3 is 2.15 bits per heavy atom. The maximum atomic E-state index is 13.1. The summed E-state index contributed by atoms with van der Waals surface area (Å²) in [6, 6.07) is 28.2. The Morgan fingerprint density at radius 1 is 0.889 bits per heavy atom. The smallest absolute Gasteiger partial charge is 0.232 e. The van der Waals surface area contributed by atoms with Gasteiger partial charge in [0.25, 0.3) is 0 Å². The molecule has 0 unspecified atom stereocenters. The number of benzene rings is 3. The van der Waals surface area contributed by atoms with Gasteiger partial charge < -0.3 is 10.3 Å². The SMILES string of the molecule is Cc1cc2cc(CNC(=O)C(c3ccccc3)c3ccccc3)ccc2[nH]1. The molecule has 3 nitrogen and oxygen atoms in total. The van der Waals surface area contributed by atoms with E-state index in [0.29, 0.717) is 6.54 Å². The van der Waals surface area contributed by atoms with Crippen LogP contribution in [0.15, 0.2) is 84.9 Å². The lowest BCUT2D eigenvalue weighted by molar-refractivity contribution is -0.121. The molecule has 1 aromatic heterocycles. The second-order valence-corrected chi connectivity index (χ2v) is 6.85. The topological polar surface area (TPSA) is 44.9 Å². The van der Waals surface area contributed by atoms with E-state index in [0.717, 1.165) is 27.9 Å². The molecular weight excluding hydrogens is 332 g/mol. The summed E-state index contributed by atoms with van der Waals surface area (Å²) in [5.41, 5.74) is 5.35. The van der Waals surface area contributed by atoms with Gasteiger partial charge in [0, 0.05) is 17.8 Å². The van der Waals surface area contributed by atoms with Crippen molar-refractivity contribution in [2.75, 3.05) is 0 Å². The van der Waals surface area contributed by atoms with Crippen molar-refractivity contribution in [3.63, 3.8) is 0 Å². The van der Waals surface area contributed by atoms with E-state index < -0.39 is 0 Å². The zero-order valence-corrected chi connectivity index (χ0v) is 15.3. The maximum absolute atomic E-state index is 13.1. The third-order valence-electron chi connectivity index (χ3n) is 4.81. The Bertz CT molecular complexity index is 1010. The van der Waals surface area contributed by atoms with E-state index >= 15 is 0 Å². The number of hydrogen-bond acceptors (Lipinski definition) is 1. The molecule has 0 fully saturated rings. The van der Waals surface area contributed by atoms with Crippen molar-refractivity contribution in [1.82, 2.24) is 10.3 Å². The molecule has 4 aromatic rings. The van der Waals surface area contributed by atoms with Crippen LogP contribution in [0.1, 0.15) is 28.3 Å². The summed E-state index contributed by atoms with van der Waals surface area (Å²) in [7, 11) is 0. The normalized spacial score (nSPS) is 11.0. The number of hydrogen-bond donors (Lipinski definition) is 2. The molecule has 0 bridgehead atoms.